The highest BCUT2D eigenvalue weighted by Crippen LogP contribution is 2.27. The van der Waals surface area contributed by atoms with E-state index in [1.807, 2.05) is 43.3 Å². The average Bonchev–Trinajstić information content (AvgIpc) is 2.61. The van der Waals surface area contributed by atoms with Gasteiger partial charge in [0.2, 0.25) is 0 Å². The molecular weight excluding hydrogens is 306 g/mol. The average molecular weight is 329 g/mol. The molecule has 0 saturated carbocycles. The molecule has 0 unspecified atom stereocenters. The maximum Gasteiger partial charge on any atom is 0.257 e. The predicted molar refractivity (Wildman–Crippen MR) is 92.9 cm³/mol. The minimum atomic E-state index is -0.161. The van der Waals surface area contributed by atoms with Crippen molar-refractivity contribution in [3.63, 3.8) is 0 Å². The quantitative estimate of drug-likeness (QED) is 0.809. The Hall–Kier alpha value is -2.69. The third-order valence-electron chi connectivity index (χ3n) is 3.57. The Morgan fingerprint density at radius 1 is 1.00 bits per heavy atom. The molecule has 0 saturated heterocycles. The molecular formula is C19H23NO4. The van der Waals surface area contributed by atoms with Gasteiger partial charge in [0.25, 0.3) is 5.91 Å². The molecule has 1 N–H and O–H groups in total. The molecule has 0 aliphatic carbocycles. The first kappa shape index (κ1) is 17.7. The van der Waals surface area contributed by atoms with Gasteiger partial charge in [0.1, 0.15) is 5.75 Å². The van der Waals surface area contributed by atoms with Gasteiger partial charge in [-0.25, -0.2) is 0 Å². The molecule has 0 aliphatic heterocycles. The molecule has 0 spiro atoms. The molecule has 0 aliphatic rings. The van der Waals surface area contributed by atoms with Crippen LogP contribution in [-0.2, 0) is 11.2 Å². The van der Waals surface area contributed by atoms with E-state index in [0.29, 0.717) is 18.0 Å². The summed E-state index contributed by atoms with van der Waals surface area (Å²) in [5.74, 6) is 1.85. The summed E-state index contributed by atoms with van der Waals surface area (Å²) in [6.07, 6.45) is 0.754. The molecule has 0 atom stereocenters. The fraction of sp³-hybridized carbons (Fsp3) is 0.316. The largest absolute Gasteiger partial charge is 0.497 e. The summed E-state index contributed by atoms with van der Waals surface area (Å²) in [7, 11) is 3.22. The zero-order valence-corrected chi connectivity index (χ0v) is 14.3. The number of nitrogens with one attached hydrogen (secondary N) is 1. The first-order chi connectivity index (χ1) is 11.6. The highest BCUT2D eigenvalue weighted by Gasteiger charge is 2.07. The summed E-state index contributed by atoms with van der Waals surface area (Å²) in [5, 5.41) is 2.84. The van der Waals surface area contributed by atoms with Crippen molar-refractivity contribution in [1.82, 2.24) is 5.32 Å². The number of rotatable bonds is 8. The number of methoxy groups -OCH3 is 2. The highest BCUT2D eigenvalue weighted by molar-refractivity contribution is 5.77. The van der Waals surface area contributed by atoms with E-state index < -0.39 is 0 Å². The first-order valence-corrected chi connectivity index (χ1v) is 7.79. The number of hydrogen-bond acceptors (Lipinski definition) is 4. The van der Waals surface area contributed by atoms with E-state index >= 15 is 0 Å². The second kappa shape index (κ2) is 8.82. The van der Waals surface area contributed by atoms with Crippen LogP contribution in [0.4, 0.5) is 0 Å². The van der Waals surface area contributed by atoms with Crippen molar-refractivity contribution < 1.29 is 19.0 Å². The van der Waals surface area contributed by atoms with Crippen LogP contribution in [0.3, 0.4) is 0 Å². The summed E-state index contributed by atoms with van der Waals surface area (Å²) in [5.41, 5.74) is 2.21. The van der Waals surface area contributed by atoms with Crippen molar-refractivity contribution in [3.05, 3.63) is 53.6 Å². The Morgan fingerprint density at radius 3 is 2.42 bits per heavy atom. The minimum Gasteiger partial charge on any atom is -0.497 e. The molecule has 0 fully saturated rings. The number of aryl methyl sites for hydroxylation is 1. The lowest BCUT2D eigenvalue weighted by Gasteiger charge is -2.11. The number of ether oxygens (including phenoxy) is 3. The monoisotopic (exact) mass is 329 g/mol. The van der Waals surface area contributed by atoms with Crippen molar-refractivity contribution in [3.8, 4) is 17.2 Å². The van der Waals surface area contributed by atoms with Crippen molar-refractivity contribution in [2.45, 2.75) is 13.3 Å². The minimum absolute atomic E-state index is 0.0396. The number of amides is 1. The summed E-state index contributed by atoms with van der Waals surface area (Å²) < 4.78 is 15.9. The van der Waals surface area contributed by atoms with Gasteiger partial charge in [-0.2, -0.15) is 0 Å². The third-order valence-corrected chi connectivity index (χ3v) is 3.57. The summed E-state index contributed by atoms with van der Waals surface area (Å²) >= 11 is 0. The van der Waals surface area contributed by atoms with Gasteiger partial charge in [-0.15, -0.1) is 0 Å². The third kappa shape index (κ3) is 5.19. The normalized spacial score (nSPS) is 10.1. The van der Waals surface area contributed by atoms with Crippen molar-refractivity contribution in [2.75, 3.05) is 27.4 Å². The van der Waals surface area contributed by atoms with E-state index in [1.54, 1.807) is 20.3 Å². The van der Waals surface area contributed by atoms with Gasteiger partial charge in [0.15, 0.2) is 18.1 Å². The molecule has 2 rings (SSSR count). The van der Waals surface area contributed by atoms with E-state index in [-0.39, 0.29) is 12.5 Å². The van der Waals surface area contributed by atoms with Crippen molar-refractivity contribution in [2.24, 2.45) is 0 Å². The molecule has 0 heterocycles. The standard InChI is InChI=1S/C19H23NO4/c1-14-4-9-17(18(12-14)23-3)24-13-19(21)20-11-10-15-5-7-16(22-2)8-6-15/h4-9,12H,10-11,13H2,1-3H3,(H,20,21). The molecule has 1 amide bonds. The molecule has 0 bridgehead atoms. The topological polar surface area (TPSA) is 56.8 Å². The van der Waals surface area contributed by atoms with E-state index in [2.05, 4.69) is 5.32 Å². The van der Waals surface area contributed by atoms with Gasteiger partial charge in [-0.05, 0) is 48.7 Å². The van der Waals surface area contributed by atoms with Gasteiger partial charge >= 0.3 is 0 Å². The maximum absolute atomic E-state index is 11.9. The smallest absolute Gasteiger partial charge is 0.257 e. The van der Waals surface area contributed by atoms with E-state index in [0.717, 1.165) is 23.3 Å². The van der Waals surface area contributed by atoms with E-state index in [9.17, 15) is 4.79 Å². The number of carbonyl (C=O) groups is 1. The molecule has 2 aromatic rings. The highest BCUT2D eigenvalue weighted by atomic mass is 16.5. The Bertz CT molecular complexity index is 668. The maximum atomic E-state index is 11.9. The Labute approximate surface area is 142 Å². The molecule has 5 nitrogen and oxygen atoms in total. The fourth-order valence-corrected chi connectivity index (χ4v) is 2.23. The SMILES string of the molecule is COc1ccc(CCNC(=O)COc2ccc(C)cc2OC)cc1. The second-order valence-electron chi connectivity index (χ2n) is 5.39. The van der Waals surface area contributed by atoms with Crippen LogP contribution in [0.2, 0.25) is 0 Å². The number of benzene rings is 2. The van der Waals surface area contributed by atoms with Crippen LogP contribution in [0.15, 0.2) is 42.5 Å². The Balaban J connectivity index is 1.75. The van der Waals surface area contributed by atoms with Gasteiger partial charge in [0.05, 0.1) is 14.2 Å². The number of hydrogen-bond donors (Lipinski definition) is 1. The van der Waals surface area contributed by atoms with Gasteiger partial charge in [0, 0.05) is 6.54 Å². The lowest BCUT2D eigenvalue weighted by molar-refractivity contribution is -0.123. The van der Waals surface area contributed by atoms with Crippen LogP contribution in [-0.4, -0.2) is 33.3 Å². The molecule has 2 aromatic carbocycles. The van der Waals surface area contributed by atoms with Gasteiger partial charge in [-0.1, -0.05) is 18.2 Å². The van der Waals surface area contributed by atoms with Crippen LogP contribution >= 0.6 is 0 Å². The lowest BCUT2D eigenvalue weighted by atomic mass is 10.1. The Kier molecular flexibility index (Phi) is 6.49. The summed E-state index contributed by atoms with van der Waals surface area (Å²) in [4.78, 5) is 11.9. The predicted octanol–water partition coefficient (Wildman–Crippen LogP) is 2.75. The van der Waals surface area contributed by atoms with Crippen LogP contribution in [0.25, 0.3) is 0 Å². The van der Waals surface area contributed by atoms with E-state index in [1.165, 1.54) is 0 Å². The Morgan fingerprint density at radius 2 is 1.75 bits per heavy atom. The lowest BCUT2D eigenvalue weighted by Crippen LogP contribution is -2.30. The van der Waals surface area contributed by atoms with Crippen LogP contribution in [0, 0.1) is 6.92 Å². The van der Waals surface area contributed by atoms with Crippen molar-refractivity contribution in [1.29, 1.82) is 0 Å². The van der Waals surface area contributed by atoms with Crippen LogP contribution in [0.5, 0.6) is 17.2 Å². The zero-order valence-electron chi connectivity index (χ0n) is 14.3. The summed E-state index contributed by atoms with van der Waals surface area (Å²) in [6, 6.07) is 13.4. The molecule has 24 heavy (non-hydrogen) atoms. The summed E-state index contributed by atoms with van der Waals surface area (Å²) in [6.45, 7) is 2.49. The van der Waals surface area contributed by atoms with Gasteiger partial charge in [-0.3, -0.25) is 4.79 Å². The fourth-order valence-electron chi connectivity index (χ4n) is 2.23. The molecule has 5 heteroatoms. The molecule has 0 aromatic heterocycles. The van der Waals surface area contributed by atoms with Crippen LogP contribution < -0.4 is 19.5 Å². The van der Waals surface area contributed by atoms with E-state index in [4.69, 9.17) is 14.2 Å². The molecule has 0 radical (unpaired) electrons. The first-order valence-electron chi connectivity index (χ1n) is 7.79. The number of carbonyl (C=O) groups excluding carboxylic acids is 1. The van der Waals surface area contributed by atoms with Crippen molar-refractivity contribution >= 4 is 5.91 Å². The molecule has 128 valence electrons. The zero-order chi connectivity index (χ0) is 17.4. The van der Waals surface area contributed by atoms with Crippen LogP contribution in [0.1, 0.15) is 11.1 Å². The second-order valence-corrected chi connectivity index (χ2v) is 5.39. The van der Waals surface area contributed by atoms with Gasteiger partial charge < -0.3 is 19.5 Å².